The Bertz CT molecular complexity index is 549. The van der Waals surface area contributed by atoms with Crippen molar-refractivity contribution in [1.29, 1.82) is 0 Å². The van der Waals surface area contributed by atoms with Crippen LogP contribution in [0.4, 0.5) is 0 Å². The molecule has 0 aliphatic carbocycles. The molecule has 1 rings (SSSR count). The highest BCUT2D eigenvalue weighted by Gasteiger charge is 2.36. The number of nitrogens with zero attached hydrogens (tertiary/aromatic N) is 1. The second-order valence-corrected chi connectivity index (χ2v) is 12.0. The quantitative estimate of drug-likeness (QED) is 0.505. The molecule has 0 unspecified atom stereocenters. The van der Waals surface area contributed by atoms with Gasteiger partial charge in [-0.15, -0.1) is 11.3 Å². The minimum Gasteiger partial charge on any atom is -0.476 e. The highest BCUT2D eigenvalue weighted by Crippen LogP contribution is 2.36. The van der Waals surface area contributed by atoms with Crippen LogP contribution >= 0.6 is 11.3 Å². The summed E-state index contributed by atoms with van der Waals surface area (Å²) in [5.74, 6) is 4.91. The van der Waals surface area contributed by atoms with E-state index in [9.17, 15) is 4.79 Å². The number of hydrogen-bond acceptors (Lipinski definition) is 4. The molecule has 1 aromatic rings. The summed E-state index contributed by atoms with van der Waals surface area (Å²) in [5, 5.41) is 11.1. The predicted octanol–water partition coefficient (Wildman–Crippen LogP) is 3.99. The van der Waals surface area contributed by atoms with Gasteiger partial charge in [0.25, 0.3) is 0 Å². The Hall–Kier alpha value is -1.16. The number of aromatic nitrogens is 1. The normalized spacial score (nSPS) is 11.9. The number of rotatable bonds is 5. The molecule has 0 amide bonds. The molecule has 0 atom stereocenters. The van der Waals surface area contributed by atoms with E-state index < -0.39 is 14.3 Å². The van der Waals surface area contributed by atoms with Crippen molar-refractivity contribution in [3.8, 4) is 11.8 Å². The second-order valence-electron chi connectivity index (χ2n) is 6.36. The van der Waals surface area contributed by atoms with E-state index in [1.165, 1.54) is 16.7 Å². The molecule has 0 aromatic carbocycles. The summed E-state index contributed by atoms with van der Waals surface area (Å²) >= 11 is 1.26. The maximum Gasteiger partial charge on any atom is 0.355 e. The fraction of sp³-hybridized carbons (Fsp3) is 0.600. The van der Waals surface area contributed by atoms with Crippen molar-refractivity contribution >= 4 is 25.6 Å². The van der Waals surface area contributed by atoms with Crippen molar-refractivity contribution in [3.63, 3.8) is 0 Å². The van der Waals surface area contributed by atoms with E-state index in [0.717, 1.165) is 19.4 Å². The fourth-order valence-electron chi connectivity index (χ4n) is 1.27. The molecule has 0 spiro atoms. The molecule has 21 heavy (non-hydrogen) atoms. The van der Waals surface area contributed by atoms with Gasteiger partial charge in [-0.25, -0.2) is 9.78 Å². The van der Waals surface area contributed by atoms with Crippen LogP contribution in [0, 0.1) is 11.8 Å². The zero-order valence-electron chi connectivity index (χ0n) is 13.3. The van der Waals surface area contributed by atoms with Crippen molar-refractivity contribution in [2.24, 2.45) is 0 Å². The summed E-state index contributed by atoms with van der Waals surface area (Å²) in [6.07, 6.45) is 1.62. The zero-order chi connectivity index (χ0) is 16.1. The molecule has 0 aliphatic heterocycles. The van der Waals surface area contributed by atoms with E-state index >= 15 is 0 Å². The molecule has 0 fully saturated rings. The Kier molecular flexibility index (Phi) is 6.14. The Labute approximate surface area is 131 Å². The van der Waals surface area contributed by atoms with Gasteiger partial charge >= 0.3 is 5.97 Å². The van der Waals surface area contributed by atoms with Crippen molar-refractivity contribution in [3.05, 3.63) is 16.1 Å². The van der Waals surface area contributed by atoms with Gasteiger partial charge in [0.15, 0.2) is 19.0 Å². The molecule has 6 heteroatoms. The number of carbonyl (C=O) groups is 1. The number of carboxylic acids is 1. The lowest BCUT2D eigenvalue weighted by atomic mass is 10.2. The number of carboxylic acid groups (broad SMARTS) is 1. The van der Waals surface area contributed by atoms with Crippen LogP contribution < -0.4 is 0 Å². The minimum absolute atomic E-state index is 0.0607. The van der Waals surface area contributed by atoms with Gasteiger partial charge in [0.1, 0.15) is 0 Å². The second kappa shape index (κ2) is 7.21. The number of thiazole rings is 1. The van der Waals surface area contributed by atoms with E-state index in [4.69, 9.17) is 9.53 Å². The average Bonchev–Trinajstić information content (AvgIpc) is 2.81. The molecular weight excluding hydrogens is 302 g/mol. The Morgan fingerprint density at radius 3 is 2.67 bits per heavy atom. The van der Waals surface area contributed by atoms with Gasteiger partial charge in [0.05, 0.1) is 0 Å². The SMILES string of the molecule is CC(C)(C)[Si](C)(C)OCCCC#Cc1nc(C(=O)O)cs1. The van der Waals surface area contributed by atoms with Gasteiger partial charge in [-0.2, -0.15) is 0 Å². The van der Waals surface area contributed by atoms with Gasteiger partial charge in [-0.3, -0.25) is 0 Å². The van der Waals surface area contributed by atoms with Gasteiger partial charge in [0, 0.05) is 18.4 Å². The first-order valence-electron chi connectivity index (χ1n) is 6.95. The number of hydrogen-bond donors (Lipinski definition) is 1. The van der Waals surface area contributed by atoms with Gasteiger partial charge in [0.2, 0.25) is 0 Å². The molecule has 0 bridgehead atoms. The Morgan fingerprint density at radius 2 is 2.14 bits per heavy atom. The lowest BCUT2D eigenvalue weighted by Gasteiger charge is -2.36. The molecular formula is C15H23NO3SSi. The van der Waals surface area contributed by atoms with Crippen LogP contribution in [0.1, 0.15) is 49.1 Å². The van der Waals surface area contributed by atoms with E-state index in [2.05, 4.69) is 50.7 Å². The molecule has 1 heterocycles. The molecule has 1 N–H and O–H groups in total. The van der Waals surface area contributed by atoms with Crippen LogP contribution in [0.2, 0.25) is 18.1 Å². The average molecular weight is 326 g/mol. The molecule has 1 aromatic heterocycles. The molecule has 0 saturated carbocycles. The summed E-state index contributed by atoms with van der Waals surface area (Å²) in [4.78, 5) is 14.6. The van der Waals surface area contributed by atoms with Crippen LogP contribution in [-0.2, 0) is 4.43 Å². The third-order valence-electron chi connectivity index (χ3n) is 3.63. The largest absolute Gasteiger partial charge is 0.476 e. The van der Waals surface area contributed by atoms with E-state index in [1.807, 2.05) is 0 Å². The van der Waals surface area contributed by atoms with Crippen molar-refractivity contribution in [1.82, 2.24) is 4.98 Å². The van der Waals surface area contributed by atoms with E-state index in [-0.39, 0.29) is 10.7 Å². The highest BCUT2D eigenvalue weighted by atomic mass is 32.1. The minimum atomic E-state index is -1.66. The smallest absolute Gasteiger partial charge is 0.355 e. The third-order valence-corrected chi connectivity index (χ3v) is 8.93. The van der Waals surface area contributed by atoms with E-state index in [1.54, 1.807) is 0 Å². The van der Waals surface area contributed by atoms with Crippen molar-refractivity contribution in [2.45, 2.75) is 51.7 Å². The molecule has 0 radical (unpaired) electrons. The summed E-state index contributed by atoms with van der Waals surface area (Å²) < 4.78 is 6.06. The summed E-state index contributed by atoms with van der Waals surface area (Å²) in [7, 11) is -1.66. The molecule has 0 aliphatic rings. The van der Waals surface area contributed by atoms with Gasteiger partial charge in [-0.05, 0) is 30.5 Å². The number of unbranched alkanes of at least 4 members (excludes halogenated alkanes) is 1. The predicted molar refractivity (Wildman–Crippen MR) is 88.3 cm³/mol. The van der Waals surface area contributed by atoms with Gasteiger partial charge < -0.3 is 9.53 Å². The summed E-state index contributed by atoms with van der Waals surface area (Å²) in [6, 6.07) is 0. The van der Waals surface area contributed by atoms with Crippen LogP contribution in [0.3, 0.4) is 0 Å². The Balaban J connectivity index is 2.35. The number of aromatic carboxylic acids is 1. The monoisotopic (exact) mass is 325 g/mol. The lowest BCUT2D eigenvalue weighted by molar-refractivity contribution is 0.0691. The molecule has 4 nitrogen and oxygen atoms in total. The third kappa shape index (κ3) is 5.62. The van der Waals surface area contributed by atoms with Crippen LogP contribution in [0.15, 0.2) is 5.38 Å². The first-order valence-corrected chi connectivity index (χ1v) is 10.7. The first-order chi connectivity index (χ1) is 9.63. The maximum atomic E-state index is 10.7. The van der Waals surface area contributed by atoms with Crippen molar-refractivity contribution < 1.29 is 14.3 Å². The summed E-state index contributed by atoms with van der Waals surface area (Å²) in [6.45, 7) is 11.9. The summed E-state index contributed by atoms with van der Waals surface area (Å²) in [5.41, 5.74) is 0.0607. The van der Waals surface area contributed by atoms with Crippen LogP contribution in [0.25, 0.3) is 0 Å². The Morgan fingerprint density at radius 1 is 1.48 bits per heavy atom. The molecule has 116 valence electrons. The maximum absolute atomic E-state index is 10.7. The zero-order valence-corrected chi connectivity index (χ0v) is 15.1. The van der Waals surface area contributed by atoms with Crippen LogP contribution in [0.5, 0.6) is 0 Å². The lowest BCUT2D eigenvalue weighted by Crippen LogP contribution is -2.40. The van der Waals surface area contributed by atoms with Gasteiger partial charge in [-0.1, -0.05) is 26.7 Å². The topological polar surface area (TPSA) is 59.4 Å². The van der Waals surface area contributed by atoms with Crippen molar-refractivity contribution in [2.75, 3.05) is 6.61 Å². The standard InChI is InChI=1S/C15H23NO3SSi/c1-15(2,3)21(4,5)19-10-8-6-7-9-13-16-12(11-20-13)14(17)18/h11H,6,8,10H2,1-5H3,(H,17,18). The first kappa shape index (κ1) is 17.9. The fourth-order valence-corrected chi connectivity index (χ4v) is 3.02. The highest BCUT2D eigenvalue weighted by molar-refractivity contribution is 7.10. The van der Waals surface area contributed by atoms with E-state index in [0.29, 0.717) is 5.01 Å². The molecule has 0 saturated heterocycles. The van der Waals surface area contributed by atoms with Crippen LogP contribution in [-0.4, -0.2) is 31.0 Å².